The van der Waals surface area contributed by atoms with Gasteiger partial charge >= 0.3 is 12.1 Å². The molecule has 0 radical (unpaired) electrons. The molecule has 1 N–H and O–H groups in total. The lowest BCUT2D eigenvalue weighted by molar-refractivity contribution is -0.142. The average molecular weight is 403 g/mol. The van der Waals surface area contributed by atoms with Gasteiger partial charge in [0.05, 0.1) is 19.5 Å². The third kappa shape index (κ3) is 2.94. The van der Waals surface area contributed by atoms with Crippen LogP contribution in [0.2, 0.25) is 0 Å². The van der Waals surface area contributed by atoms with Crippen molar-refractivity contribution in [3.63, 3.8) is 0 Å². The zero-order valence-corrected chi connectivity index (χ0v) is 16.3. The highest BCUT2D eigenvalue weighted by atomic mass is 16.6. The summed E-state index contributed by atoms with van der Waals surface area (Å²) in [5.41, 5.74) is 3.95. The van der Waals surface area contributed by atoms with Crippen LogP contribution in [0.4, 0.5) is 4.79 Å². The molecule has 30 heavy (non-hydrogen) atoms. The number of carbonyl (C=O) groups is 2. The number of benzene rings is 2. The van der Waals surface area contributed by atoms with Crippen LogP contribution < -0.4 is 0 Å². The predicted octanol–water partition coefficient (Wildman–Crippen LogP) is 3.32. The summed E-state index contributed by atoms with van der Waals surface area (Å²) in [5.74, 6) is -0.921. The second kappa shape index (κ2) is 7.02. The SMILES string of the molecule is O=C(O)CC1(n2cccn2)CN(C(=O)OCC2c3ccccc3-c3ccccc32)C1. The van der Waals surface area contributed by atoms with E-state index >= 15 is 0 Å². The van der Waals surface area contributed by atoms with Crippen molar-refractivity contribution in [1.29, 1.82) is 0 Å². The van der Waals surface area contributed by atoms with E-state index in [1.54, 1.807) is 23.1 Å². The minimum Gasteiger partial charge on any atom is -0.481 e. The number of aliphatic carboxylic acids is 1. The Balaban J connectivity index is 1.28. The molecule has 152 valence electrons. The highest BCUT2D eigenvalue weighted by Gasteiger charge is 2.49. The van der Waals surface area contributed by atoms with Crippen LogP contribution >= 0.6 is 0 Å². The molecule has 7 heteroatoms. The molecular formula is C23H21N3O4. The number of likely N-dealkylation sites (tertiary alicyclic amines) is 1. The van der Waals surface area contributed by atoms with Crippen LogP contribution in [0, 0.1) is 0 Å². The van der Waals surface area contributed by atoms with Crippen molar-refractivity contribution in [3.05, 3.63) is 78.1 Å². The van der Waals surface area contributed by atoms with Gasteiger partial charge in [-0.15, -0.1) is 0 Å². The first-order valence-corrected chi connectivity index (χ1v) is 9.89. The first-order valence-electron chi connectivity index (χ1n) is 9.89. The van der Waals surface area contributed by atoms with E-state index in [4.69, 9.17) is 4.74 Å². The summed E-state index contributed by atoms with van der Waals surface area (Å²) in [5, 5.41) is 13.5. The summed E-state index contributed by atoms with van der Waals surface area (Å²) < 4.78 is 7.30. The quantitative estimate of drug-likeness (QED) is 0.706. The van der Waals surface area contributed by atoms with Crippen LogP contribution in [0.5, 0.6) is 0 Å². The summed E-state index contributed by atoms with van der Waals surface area (Å²) in [4.78, 5) is 25.6. The van der Waals surface area contributed by atoms with Gasteiger partial charge in [0.2, 0.25) is 0 Å². The second-order valence-corrected chi connectivity index (χ2v) is 7.91. The molecule has 7 nitrogen and oxygen atoms in total. The van der Waals surface area contributed by atoms with Gasteiger partial charge in [-0.1, -0.05) is 48.5 Å². The van der Waals surface area contributed by atoms with E-state index in [2.05, 4.69) is 29.4 Å². The molecule has 1 aliphatic carbocycles. The van der Waals surface area contributed by atoms with Gasteiger partial charge in [0.25, 0.3) is 0 Å². The molecule has 0 unspecified atom stereocenters. The van der Waals surface area contributed by atoms with Gasteiger partial charge in [-0.25, -0.2) is 4.79 Å². The number of amides is 1. The van der Waals surface area contributed by atoms with Gasteiger partial charge < -0.3 is 14.7 Å². The van der Waals surface area contributed by atoms with Crippen molar-refractivity contribution in [2.75, 3.05) is 19.7 Å². The third-order valence-corrected chi connectivity index (χ3v) is 6.04. The Hall–Kier alpha value is -3.61. The molecule has 1 aromatic heterocycles. The lowest BCUT2D eigenvalue weighted by Gasteiger charge is -2.48. The molecule has 2 heterocycles. The Bertz CT molecular complexity index is 1060. The van der Waals surface area contributed by atoms with Crippen molar-refractivity contribution < 1.29 is 19.4 Å². The zero-order valence-electron chi connectivity index (χ0n) is 16.3. The number of nitrogens with zero attached hydrogens (tertiary/aromatic N) is 3. The first kappa shape index (κ1) is 18.4. The summed E-state index contributed by atoms with van der Waals surface area (Å²) >= 11 is 0. The minimum atomic E-state index is -0.919. The maximum Gasteiger partial charge on any atom is 0.409 e. The normalized spacial score (nSPS) is 16.5. The maximum atomic E-state index is 12.7. The third-order valence-electron chi connectivity index (χ3n) is 6.04. The lowest BCUT2D eigenvalue weighted by atomic mass is 9.86. The van der Waals surface area contributed by atoms with E-state index in [9.17, 15) is 14.7 Å². The number of aromatic nitrogens is 2. The van der Waals surface area contributed by atoms with Crippen LogP contribution in [0.15, 0.2) is 67.0 Å². The fourth-order valence-corrected chi connectivity index (χ4v) is 4.65. The minimum absolute atomic E-state index is 0.00230. The van der Waals surface area contributed by atoms with Gasteiger partial charge in [0, 0.05) is 18.3 Å². The van der Waals surface area contributed by atoms with E-state index in [-0.39, 0.29) is 32.0 Å². The molecule has 0 spiro atoms. The number of carboxylic acid groups (broad SMARTS) is 1. The molecule has 0 saturated carbocycles. The van der Waals surface area contributed by atoms with E-state index < -0.39 is 17.6 Å². The molecule has 2 aliphatic rings. The Morgan fingerprint density at radius 3 is 2.23 bits per heavy atom. The van der Waals surface area contributed by atoms with Crippen LogP contribution in [0.3, 0.4) is 0 Å². The fraction of sp³-hybridized carbons (Fsp3) is 0.261. The standard InChI is InChI=1S/C23H21N3O4/c27-21(28)12-23(26-11-5-10-24-26)14-25(15-23)22(29)30-13-20-18-8-3-1-6-16(18)17-7-2-4-9-19(17)20/h1-11,20H,12-15H2,(H,27,28). The number of carboxylic acids is 1. The number of hydrogen-bond acceptors (Lipinski definition) is 4. The van der Waals surface area contributed by atoms with Crippen molar-refractivity contribution >= 4 is 12.1 Å². The zero-order chi connectivity index (χ0) is 20.7. The topological polar surface area (TPSA) is 84.7 Å². The summed E-state index contributed by atoms with van der Waals surface area (Å²) in [7, 11) is 0. The number of carbonyl (C=O) groups excluding carboxylic acids is 1. The Labute approximate surface area is 173 Å². The summed E-state index contributed by atoms with van der Waals surface area (Å²) in [6.45, 7) is 0.770. The van der Waals surface area contributed by atoms with Crippen molar-refractivity contribution in [2.45, 2.75) is 17.9 Å². The van der Waals surface area contributed by atoms with Gasteiger partial charge in [0.1, 0.15) is 12.1 Å². The average Bonchev–Trinajstić information content (AvgIpc) is 3.35. The van der Waals surface area contributed by atoms with E-state index in [0.717, 1.165) is 11.1 Å². The van der Waals surface area contributed by atoms with Crippen LogP contribution in [0.25, 0.3) is 11.1 Å². The Morgan fingerprint density at radius 1 is 1.03 bits per heavy atom. The van der Waals surface area contributed by atoms with Crippen LogP contribution in [-0.4, -0.2) is 51.5 Å². The smallest absolute Gasteiger partial charge is 0.409 e. The van der Waals surface area contributed by atoms with E-state index in [1.165, 1.54) is 16.0 Å². The van der Waals surface area contributed by atoms with Gasteiger partial charge in [-0.3, -0.25) is 9.48 Å². The van der Waals surface area contributed by atoms with Crippen LogP contribution in [-0.2, 0) is 15.1 Å². The summed E-state index contributed by atoms with van der Waals surface area (Å²) in [6.07, 6.45) is 2.82. The molecule has 1 fully saturated rings. The largest absolute Gasteiger partial charge is 0.481 e. The molecule has 1 amide bonds. The summed E-state index contributed by atoms with van der Waals surface area (Å²) in [6, 6.07) is 18.1. The first-order chi connectivity index (χ1) is 14.6. The molecular weight excluding hydrogens is 382 g/mol. The molecule has 1 aliphatic heterocycles. The molecule has 3 aromatic rings. The lowest BCUT2D eigenvalue weighted by Crippen LogP contribution is -2.65. The number of ether oxygens (including phenoxy) is 1. The monoisotopic (exact) mass is 403 g/mol. The van der Waals surface area contributed by atoms with Crippen molar-refractivity contribution in [2.24, 2.45) is 0 Å². The Kier molecular flexibility index (Phi) is 4.31. The van der Waals surface area contributed by atoms with Crippen molar-refractivity contribution in [3.8, 4) is 11.1 Å². The molecule has 5 rings (SSSR count). The molecule has 0 bridgehead atoms. The highest BCUT2D eigenvalue weighted by molar-refractivity contribution is 5.79. The van der Waals surface area contributed by atoms with Crippen molar-refractivity contribution in [1.82, 2.24) is 14.7 Å². The second-order valence-electron chi connectivity index (χ2n) is 7.91. The number of rotatable bonds is 5. The molecule has 1 saturated heterocycles. The molecule has 2 aromatic carbocycles. The van der Waals surface area contributed by atoms with E-state index in [0.29, 0.717) is 0 Å². The van der Waals surface area contributed by atoms with Gasteiger partial charge in [-0.05, 0) is 28.3 Å². The molecule has 0 atom stereocenters. The highest BCUT2D eigenvalue weighted by Crippen LogP contribution is 2.44. The fourth-order valence-electron chi connectivity index (χ4n) is 4.65. The van der Waals surface area contributed by atoms with Crippen LogP contribution in [0.1, 0.15) is 23.5 Å². The number of fused-ring (bicyclic) bond motifs is 3. The Morgan fingerprint density at radius 2 is 1.67 bits per heavy atom. The van der Waals surface area contributed by atoms with Gasteiger partial charge in [-0.2, -0.15) is 5.10 Å². The van der Waals surface area contributed by atoms with E-state index in [1.807, 2.05) is 24.3 Å². The maximum absolute atomic E-state index is 12.7. The number of hydrogen-bond donors (Lipinski definition) is 1. The van der Waals surface area contributed by atoms with Gasteiger partial charge in [0.15, 0.2) is 0 Å². The predicted molar refractivity (Wildman–Crippen MR) is 109 cm³/mol.